The van der Waals surface area contributed by atoms with Crippen LogP contribution >= 0.6 is 22.6 Å². The molecule has 1 heterocycles. The lowest BCUT2D eigenvalue weighted by Gasteiger charge is -2.32. The van der Waals surface area contributed by atoms with Crippen LogP contribution in [0.25, 0.3) is 6.08 Å². The van der Waals surface area contributed by atoms with Gasteiger partial charge in [-0.25, -0.2) is 4.79 Å². The van der Waals surface area contributed by atoms with Gasteiger partial charge in [0.05, 0.1) is 5.57 Å². The van der Waals surface area contributed by atoms with Crippen molar-refractivity contribution in [3.63, 3.8) is 0 Å². The number of carboxylic acids is 1. The van der Waals surface area contributed by atoms with E-state index in [9.17, 15) is 36.2 Å². The molecule has 25 heavy (non-hydrogen) atoms. The molecule has 0 aromatic heterocycles. The second-order valence-electron chi connectivity index (χ2n) is 5.30. The fraction of sp³-hybridized carbons (Fsp3) is 0.357. The van der Waals surface area contributed by atoms with Crippen molar-refractivity contribution in [2.75, 3.05) is 0 Å². The van der Waals surface area contributed by atoms with E-state index >= 15 is 0 Å². The third-order valence-electron chi connectivity index (χ3n) is 3.37. The van der Waals surface area contributed by atoms with Crippen LogP contribution in [-0.4, -0.2) is 34.6 Å². The van der Waals surface area contributed by atoms with E-state index in [1.54, 1.807) is 0 Å². The summed E-state index contributed by atoms with van der Waals surface area (Å²) in [6.07, 6.45) is -12.7. The molecule has 0 spiro atoms. The van der Waals surface area contributed by atoms with E-state index in [0.29, 0.717) is 28.7 Å². The summed E-state index contributed by atoms with van der Waals surface area (Å²) in [4.78, 5) is 11.1. The minimum absolute atomic E-state index is 0.170. The van der Waals surface area contributed by atoms with Crippen LogP contribution < -0.4 is 4.74 Å². The maximum absolute atomic E-state index is 13.1. The summed E-state index contributed by atoms with van der Waals surface area (Å²) in [7, 11) is 0. The number of aryl methyl sites for hydroxylation is 1. The highest BCUT2D eigenvalue weighted by atomic mass is 127. The number of fused-ring (bicyclic) bond motifs is 1. The third-order valence-corrected chi connectivity index (χ3v) is 4.56. The van der Waals surface area contributed by atoms with E-state index in [2.05, 4.69) is 4.74 Å². The summed E-state index contributed by atoms with van der Waals surface area (Å²) in [6.45, 7) is 1.34. The van der Waals surface area contributed by atoms with Crippen LogP contribution in [-0.2, 0) is 8.40 Å². The standard InChI is InChI=1S/C14H9F6IO4/c1-5-2-6-4-7(11(22)23)10(13(15,16)17)25-9(6)8(3-5)12(21,24)14(18,19)20/h2-4,10,24H,1H3,(H,22,23). The summed E-state index contributed by atoms with van der Waals surface area (Å²) in [5, 5.41) is 18.8. The molecule has 0 saturated heterocycles. The molecule has 0 saturated carbocycles. The zero-order chi connectivity index (χ0) is 19.4. The lowest BCUT2D eigenvalue weighted by molar-refractivity contribution is -0.217. The Hall–Kier alpha value is -1.50. The SMILES string of the molecule is Cc1cc2c(c(C(O)(I)C(F)(F)F)c1)OC(C(F)(F)F)C(C(=O)O)=C2. The Morgan fingerprint density at radius 2 is 1.76 bits per heavy atom. The first kappa shape index (κ1) is 19.8. The summed E-state index contributed by atoms with van der Waals surface area (Å²) in [6, 6.07) is 2.00. The van der Waals surface area contributed by atoms with Crippen LogP contribution in [0.3, 0.4) is 0 Å². The molecule has 4 nitrogen and oxygen atoms in total. The molecule has 2 N–H and O–H groups in total. The zero-order valence-corrected chi connectivity index (χ0v) is 14.3. The molecule has 11 heteroatoms. The van der Waals surface area contributed by atoms with Gasteiger partial charge in [0.2, 0.25) is 9.71 Å². The number of ether oxygens (including phenoxy) is 1. The van der Waals surface area contributed by atoms with Gasteiger partial charge in [-0.05, 0) is 53.3 Å². The molecule has 0 fully saturated rings. The lowest BCUT2D eigenvalue weighted by atomic mass is 9.94. The maximum Gasteiger partial charge on any atom is 0.431 e. The first-order chi connectivity index (χ1) is 11.2. The highest BCUT2D eigenvalue weighted by Crippen LogP contribution is 2.51. The number of aliphatic carboxylic acids is 1. The van der Waals surface area contributed by atoms with Crippen molar-refractivity contribution in [1.29, 1.82) is 0 Å². The largest absolute Gasteiger partial charge is 0.478 e. The van der Waals surface area contributed by atoms with Crippen molar-refractivity contribution in [3.05, 3.63) is 34.4 Å². The number of rotatable bonds is 2. The van der Waals surface area contributed by atoms with E-state index in [-0.39, 0.29) is 11.1 Å². The molecule has 1 aliphatic heterocycles. The molecule has 2 rings (SSSR count). The summed E-state index contributed by atoms with van der Waals surface area (Å²) < 4.78 is 79.6. The predicted octanol–water partition coefficient (Wildman–Crippen LogP) is 3.93. The molecular weight excluding hydrogens is 473 g/mol. The fourth-order valence-electron chi connectivity index (χ4n) is 2.28. The third kappa shape index (κ3) is 3.57. The first-order valence-electron chi connectivity index (χ1n) is 6.47. The van der Waals surface area contributed by atoms with Crippen LogP contribution in [0, 0.1) is 6.92 Å². The van der Waals surface area contributed by atoms with Crippen molar-refractivity contribution in [2.45, 2.75) is 29.0 Å². The number of benzene rings is 1. The summed E-state index contributed by atoms with van der Waals surface area (Å²) >= 11 is 0.650. The van der Waals surface area contributed by atoms with Gasteiger partial charge in [0, 0.05) is 11.1 Å². The Balaban J connectivity index is 2.76. The van der Waals surface area contributed by atoms with Crippen molar-refractivity contribution < 1.29 is 46.1 Å². The predicted molar refractivity (Wildman–Crippen MR) is 81.2 cm³/mol. The van der Waals surface area contributed by atoms with Crippen molar-refractivity contribution >= 4 is 34.6 Å². The van der Waals surface area contributed by atoms with E-state index in [1.165, 1.54) is 6.92 Å². The fourth-order valence-corrected chi connectivity index (χ4v) is 2.68. The van der Waals surface area contributed by atoms with Crippen LogP contribution in [0.2, 0.25) is 0 Å². The Morgan fingerprint density at radius 1 is 1.20 bits per heavy atom. The number of alkyl halides is 7. The normalized spacial score (nSPS) is 20.2. The second kappa shape index (κ2) is 6.04. The summed E-state index contributed by atoms with van der Waals surface area (Å²) in [5.41, 5.74) is -2.23. The number of carboxylic acid groups (broad SMARTS) is 1. The lowest BCUT2D eigenvalue weighted by Crippen LogP contribution is -2.42. The summed E-state index contributed by atoms with van der Waals surface area (Å²) in [5.74, 6) is -2.79. The van der Waals surface area contributed by atoms with E-state index in [1.807, 2.05) is 0 Å². The van der Waals surface area contributed by atoms with Crippen molar-refractivity contribution in [3.8, 4) is 5.75 Å². The average molecular weight is 482 g/mol. The molecule has 2 atom stereocenters. The minimum Gasteiger partial charge on any atom is -0.478 e. The van der Waals surface area contributed by atoms with Crippen LogP contribution in [0.4, 0.5) is 26.3 Å². The number of hydrogen-bond acceptors (Lipinski definition) is 3. The molecular formula is C14H9F6IO4. The second-order valence-corrected chi connectivity index (χ2v) is 6.86. The Kier molecular flexibility index (Phi) is 4.79. The number of halogens is 7. The number of aliphatic hydroxyl groups is 1. The van der Waals surface area contributed by atoms with Crippen LogP contribution in [0.15, 0.2) is 17.7 Å². The van der Waals surface area contributed by atoms with Gasteiger partial charge in [0.1, 0.15) is 5.75 Å². The molecule has 1 aromatic carbocycles. The molecule has 0 radical (unpaired) electrons. The van der Waals surface area contributed by atoms with E-state index < -0.39 is 44.9 Å². The quantitative estimate of drug-likeness (QED) is 0.381. The number of hydrogen-bond donors (Lipinski definition) is 2. The molecule has 0 bridgehead atoms. The molecule has 0 aliphatic carbocycles. The van der Waals surface area contributed by atoms with E-state index in [0.717, 1.165) is 12.1 Å². The Morgan fingerprint density at radius 3 is 2.20 bits per heavy atom. The van der Waals surface area contributed by atoms with Crippen LogP contribution in [0.1, 0.15) is 16.7 Å². The van der Waals surface area contributed by atoms with Gasteiger partial charge in [-0.2, -0.15) is 26.3 Å². The van der Waals surface area contributed by atoms with Gasteiger partial charge in [-0.3, -0.25) is 0 Å². The number of carbonyl (C=O) groups is 1. The van der Waals surface area contributed by atoms with Crippen molar-refractivity contribution in [1.82, 2.24) is 0 Å². The van der Waals surface area contributed by atoms with Gasteiger partial charge in [0.15, 0.2) is 0 Å². The zero-order valence-electron chi connectivity index (χ0n) is 12.2. The van der Waals surface area contributed by atoms with Gasteiger partial charge in [0.25, 0.3) is 0 Å². The highest BCUT2D eigenvalue weighted by molar-refractivity contribution is 14.1. The monoisotopic (exact) mass is 482 g/mol. The first-order valence-corrected chi connectivity index (χ1v) is 7.55. The van der Waals surface area contributed by atoms with Crippen molar-refractivity contribution in [2.24, 2.45) is 0 Å². The Labute approximate surface area is 150 Å². The van der Waals surface area contributed by atoms with Gasteiger partial charge >= 0.3 is 18.3 Å². The van der Waals surface area contributed by atoms with E-state index in [4.69, 9.17) is 5.11 Å². The highest BCUT2D eigenvalue weighted by Gasteiger charge is 2.56. The molecule has 1 aromatic rings. The Bertz CT molecular complexity index is 751. The van der Waals surface area contributed by atoms with Gasteiger partial charge < -0.3 is 14.9 Å². The van der Waals surface area contributed by atoms with Crippen LogP contribution in [0.5, 0.6) is 5.75 Å². The maximum atomic E-state index is 13.1. The van der Waals surface area contributed by atoms with Gasteiger partial charge in [-0.15, -0.1) is 0 Å². The molecule has 138 valence electrons. The average Bonchev–Trinajstić information content (AvgIpc) is 2.42. The van der Waals surface area contributed by atoms with Gasteiger partial charge in [-0.1, -0.05) is 0 Å². The molecule has 2 unspecified atom stereocenters. The molecule has 0 amide bonds. The topological polar surface area (TPSA) is 66.8 Å². The smallest absolute Gasteiger partial charge is 0.431 e. The molecule has 1 aliphatic rings. The minimum atomic E-state index is -5.21.